The monoisotopic (exact) mass is 389 g/mol. The van der Waals surface area contributed by atoms with Crippen LogP contribution in [-0.4, -0.2) is 26.6 Å². The minimum Gasteiger partial charge on any atom is -0.352 e. The van der Waals surface area contributed by atoms with Crippen LogP contribution in [0.5, 0.6) is 0 Å². The first kappa shape index (κ1) is 20.4. The van der Waals surface area contributed by atoms with E-state index in [0.717, 1.165) is 17.4 Å². The molecule has 4 N–H and O–H groups in total. The van der Waals surface area contributed by atoms with Crippen molar-refractivity contribution in [3.05, 3.63) is 65.7 Å². The van der Waals surface area contributed by atoms with Gasteiger partial charge in [-0.1, -0.05) is 42.5 Å². The van der Waals surface area contributed by atoms with Crippen molar-refractivity contribution in [2.24, 2.45) is 5.73 Å². The molecule has 0 fully saturated rings. The summed E-state index contributed by atoms with van der Waals surface area (Å²) in [6.45, 7) is 1.80. The minimum absolute atomic E-state index is 0.0265. The first-order valence-corrected chi connectivity index (χ1v) is 10.3. The van der Waals surface area contributed by atoms with E-state index in [9.17, 15) is 18.0 Å². The van der Waals surface area contributed by atoms with Crippen LogP contribution in [0.1, 0.15) is 36.6 Å². The van der Waals surface area contributed by atoms with Crippen LogP contribution >= 0.6 is 0 Å². The number of urea groups is 1. The lowest BCUT2D eigenvalue weighted by atomic mass is 10.0. The van der Waals surface area contributed by atoms with Gasteiger partial charge in [0.05, 0.1) is 23.4 Å². The summed E-state index contributed by atoms with van der Waals surface area (Å²) in [5.41, 5.74) is 6.76. The molecule has 0 heterocycles. The fraction of sp³-hybridized carbons (Fsp3) is 0.263. The van der Waals surface area contributed by atoms with Crippen molar-refractivity contribution in [2.45, 2.75) is 30.3 Å². The van der Waals surface area contributed by atoms with Crippen LogP contribution in [-0.2, 0) is 14.6 Å². The van der Waals surface area contributed by atoms with Gasteiger partial charge in [0.25, 0.3) is 0 Å². The van der Waals surface area contributed by atoms with Gasteiger partial charge in [-0.2, -0.15) is 0 Å². The van der Waals surface area contributed by atoms with E-state index in [2.05, 4.69) is 10.6 Å². The van der Waals surface area contributed by atoms with Gasteiger partial charge >= 0.3 is 6.03 Å². The number of hydrogen-bond acceptors (Lipinski definition) is 4. The fourth-order valence-corrected chi connectivity index (χ4v) is 3.31. The van der Waals surface area contributed by atoms with Crippen molar-refractivity contribution in [3.63, 3.8) is 0 Å². The lowest BCUT2D eigenvalue weighted by Crippen LogP contribution is -2.37. The molecular formula is C19H23N3O4S. The van der Waals surface area contributed by atoms with Gasteiger partial charge in [0.1, 0.15) is 0 Å². The molecule has 0 bridgehead atoms. The smallest absolute Gasteiger partial charge is 0.312 e. The Morgan fingerprint density at radius 1 is 0.963 bits per heavy atom. The van der Waals surface area contributed by atoms with E-state index in [1.165, 1.54) is 12.1 Å². The Morgan fingerprint density at radius 3 is 2.07 bits per heavy atom. The Bertz CT molecular complexity index is 896. The summed E-state index contributed by atoms with van der Waals surface area (Å²) in [6.07, 6.45) is 1.17. The largest absolute Gasteiger partial charge is 0.352 e. The molecule has 0 radical (unpaired) electrons. The molecule has 2 aromatic rings. The van der Waals surface area contributed by atoms with Crippen molar-refractivity contribution in [1.82, 2.24) is 10.6 Å². The Hall–Kier alpha value is -2.87. The van der Waals surface area contributed by atoms with Gasteiger partial charge in [0.15, 0.2) is 9.84 Å². The number of hydrogen-bond donors (Lipinski definition) is 3. The zero-order valence-corrected chi connectivity index (χ0v) is 16.0. The quantitative estimate of drug-likeness (QED) is 0.672. The second-order valence-corrected chi connectivity index (χ2v) is 8.32. The van der Waals surface area contributed by atoms with Crippen molar-refractivity contribution in [2.75, 3.05) is 6.26 Å². The molecule has 2 aromatic carbocycles. The maximum atomic E-state index is 12.4. The maximum Gasteiger partial charge on any atom is 0.312 e. The SMILES string of the molecule is C[C@H](NC(=O)C[C@@H](NC(N)=O)c1ccccc1)c1ccc(S(C)(=O)=O)cc1. The number of rotatable bonds is 7. The highest BCUT2D eigenvalue weighted by Crippen LogP contribution is 2.19. The molecule has 8 heteroatoms. The van der Waals surface area contributed by atoms with Gasteiger partial charge in [-0.15, -0.1) is 0 Å². The summed E-state index contributed by atoms with van der Waals surface area (Å²) in [5.74, 6) is -0.266. The molecule has 144 valence electrons. The molecule has 0 aliphatic rings. The van der Waals surface area contributed by atoms with E-state index in [0.29, 0.717) is 0 Å². The molecule has 27 heavy (non-hydrogen) atoms. The summed E-state index contributed by atoms with van der Waals surface area (Å²) in [5, 5.41) is 5.42. The van der Waals surface area contributed by atoms with Crippen molar-refractivity contribution < 1.29 is 18.0 Å². The number of sulfone groups is 1. The van der Waals surface area contributed by atoms with Gasteiger partial charge in [-0.05, 0) is 30.2 Å². The lowest BCUT2D eigenvalue weighted by molar-refractivity contribution is -0.122. The summed E-state index contributed by atoms with van der Waals surface area (Å²) in [4.78, 5) is 23.9. The second-order valence-electron chi connectivity index (χ2n) is 6.31. The van der Waals surface area contributed by atoms with Crippen LogP contribution in [0.25, 0.3) is 0 Å². The summed E-state index contributed by atoms with van der Waals surface area (Å²) < 4.78 is 23.0. The highest BCUT2D eigenvalue weighted by Gasteiger charge is 2.19. The van der Waals surface area contributed by atoms with E-state index < -0.39 is 21.9 Å². The first-order valence-electron chi connectivity index (χ1n) is 8.37. The predicted octanol–water partition coefficient (Wildman–Crippen LogP) is 2.07. The van der Waals surface area contributed by atoms with Crippen molar-refractivity contribution >= 4 is 21.8 Å². The molecule has 2 rings (SSSR count). The van der Waals surface area contributed by atoms with E-state index in [4.69, 9.17) is 5.73 Å². The van der Waals surface area contributed by atoms with Crippen LogP contribution in [0, 0.1) is 0 Å². The minimum atomic E-state index is -3.27. The molecular weight excluding hydrogens is 366 g/mol. The summed E-state index contributed by atoms with van der Waals surface area (Å²) >= 11 is 0. The number of carbonyl (C=O) groups is 2. The molecule has 0 aliphatic carbocycles. The normalized spacial score (nSPS) is 13.4. The topological polar surface area (TPSA) is 118 Å². The van der Waals surface area contributed by atoms with E-state index in [1.54, 1.807) is 31.2 Å². The predicted molar refractivity (Wildman–Crippen MR) is 103 cm³/mol. The van der Waals surface area contributed by atoms with Gasteiger partial charge in [-0.3, -0.25) is 4.79 Å². The van der Waals surface area contributed by atoms with Crippen LogP contribution < -0.4 is 16.4 Å². The number of nitrogens with one attached hydrogen (secondary N) is 2. The molecule has 0 unspecified atom stereocenters. The standard InChI is InChI=1S/C19H23N3O4S/c1-13(14-8-10-16(11-9-14)27(2,25)26)21-18(23)12-17(22-19(20)24)15-6-4-3-5-7-15/h3-11,13,17H,12H2,1-2H3,(H,21,23)(H3,20,22,24)/t13-,17+/m0/s1. The molecule has 3 amide bonds. The highest BCUT2D eigenvalue weighted by atomic mass is 32.2. The van der Waals surface area contributed by atoms with Crippen LogP contribution in [0.15, 0.2) is 59.5 Å². The molecule has 0 spiro atoms. The third kappa shape index (κ3) is 6.10. The molecule has 0 saturated carbocycles. The lowest BCUT2D eigenvalue weighted by Gasteiger charge is -2.20. The van der Waals surface area contributed by atoms with Crippen LogP contribution in [0.2, 0.25) is 0 Å². The van der Waals surface area contributed by atoms with Gasteiger partial charge in [0.2, 0.25) is 5.91 Å². The third-order valence-electron chi connectivity index (χ3n) is 4.09. The van der Waals surface area contributed by atoms with Gasteiger partial charge in [-0.25, -0.2) is 13.2 Å². The highest BCUT2D eigenvalue weighted by molar-refractivity contribution is 7.90. The maximum absolute atomic E-state index is 12.4. The molecule has 2 atom stereocenters. The van der Waals surface area contributed by atoms with E-state index in [-0.39, 0.29) is 23.3 Å². The van der Waals surface area contributed by atoms with Gasteiger partial charge in [0, 0.05) is 6.26 Å². The van der Waals surface area contributed by atoms with Gasteiger partial charge < -0.3 is 16.4 Å². The van der Waals surface area contributed by atoms with Crippen molar-refractivity contribution in [1.29, 1.82) is 0 Å². The number of nitrogens with two attached hydrogens (primary N) is 1. The summed E-state index contributed by atoms with van der Waals surface area (Å²) in [7, 11) is -3.27. The average Bonchev–Trinajstić information content (AvgIpc) is 2.61. The Morgan fingerprint density at radius 2 is 1.56 bits per heavy atom. The Balaban J connectivity index is 2.05. The Kier molecular flexibility index (Phi) is 6.57. The van der Waals surface area contributed by atoms with Crippen LogP contribution in [0.4, 0.5) is 4.79 Å². The first-order chi connectivity index (χ1) is 12.7. The molecule has 0 aromatic heterocycles. The van der Waals surface area contributed by atoms with Crippen molar-refractivity contribution in [3.8, 4) is 0 Å². The fourth-order valence-electron chi connectivity index (χ4n) is 2.68. The number of primary amides is 1. The molecule has 7 nitrogen and oxygen atoms in total. The molecule has 0 saturated heterocycles. The summed E-state index contributed by atoms with van der Waals surface area (Å²) in [6, 6.07) is 13.9. The third-order valence-corrected chi connectivity index (χ3v) is 5.22. The zero-order valence-electron chi connectivity index (χ0n) is 15.2. The van der Waals surface area contributed by atoms with E-state index >= 15 is 0 Å². The number of amides is 3. The molecule has 0 aliphatic heterocycles. The second kappa shape index (κ2) is 8.68. The zero-order chi connectivity index (χ0) is 20.0. The van der Waals surface area contributed by atoms with E-state index in [1.807, 2.05) is 18.2 Å². The number of benzene rings is 2. The van der Waals surface area contributed by atoms with Crippen LogP contribution in [0.3, 0.4) is 0 Å². The average molecular weight is 389 g/mol. The Labute approximate surface area is 158 Å². The number of carbonyl (C=O) groups excluding carboxylic acids is 2.